The van der Waals surface area contributed by atoms with Gasteiger partial charge < -0.3 is 10.2 Å². The fraction of sp³-hybridized carbons (Fsp3) is 0.588. The van der Waals surface area contributed by atoms with Crippen LogP contribution in [0.1, 0.15) is 37.8 Å². The maximum atomic E-state index is 12.6. The van der Waals surface area contributed by atoms with Crippen LogP contribution in [0.3, 0.4) is 0 Å². The minimum atomic E-state index is 0.264. The number of aryl methyl sites for hydroxylation is 1. The van der Waals surface area contributed by atoms with Crippen LogP contribution < -0.4 is 5.32 Å². The molecule has 0 saturated carbocycles. The lowest BCUT2D eigenvalue weighted by Gasteiger charge is -2.40. The van der Waals surface area contributed by atoms with Crippen molar-refractivity contribution in [3.05, 3.63) is 35.4 Å². The summed E-state index contributed by atoms with van der Waals surface area (Å²) in [5.74, 6) is 0.264. The monoisotopic (exact) mass is 274 g/mol. The first kappa shape index (κ1) is 15.0. The molecule has 2 unspecified atom stereocenters. The van der Waals surface area contributed by atoms with Crippen LogP contribution in [0.15, 0.2) is 24.3 Å². The normalized spacial score (nSPS) is 22.9. The molecule has 2 atom stereocenters. The Morgan fingerprint density at radius 1 is 1.25 bits per heavy atom. The van der Waals surface area contributed by atoms with Crippen LogP contribution >= 0.6 is 0 Å². The van der Waals surface area contributed by atoms with E-state index < -0.39 is 0 Å². The van der Waals surface area contributed by atoms with E-state index >= 15 is 0 Å². The minimum absolute atomic E-state index is 0.264. The van der Waals surface area contributed by atoms with E-state index in [9.17, 15) is 4.79 Å². The molecule has 2 rings (SSSR count). The molecule has 3 heteroatoms. The fourth-order valence-corrected chi connectivity index (χ4v) is 2.79. The molecule has 0 radical (unpaired) electrons. The maximum absolute atomic E-state index is 12.6. The van der Waals surface area contributed by atoms with Gasteiger partial charge in [-0.1, -0.05) is 43.7 Å². The van der Waals surface area contributed by atoms with E-state index in [1.807, 2.05) is 0 Å². The second-order valence-electron chi connectivity index (χ2n) is 5.78. The van der Waals surface area contributed by atoms with Crippen LogP contribution in [-0.2, 0) is 11.2 Å². The molecule has 20 heavy (non-hydrogen) atoms. The SMILES string of the molecule is CCC1CN(C(=O)Cc2ccc(C)cc2)C(CC)CN1. The van der Waals surface area contributed by atoms with Gasteiger partial charge in [-0.05, 0) is 25.3 Å². The summed E-state index contributed by atoms with van der Waals surface area (Å²) in [6, 6.07) is 9.07. The summed E-state index contributed by atoms with van der Waals surface area (Å²) in [4.78, 5) is 14.7. The predicted molar refractivity (Wildman–Crippen MR) is 82.8 cm³/mol. The largest absolute Gasteiger partial charge is 0.337 e. The first-order valence-electron chi connectivity index (χ1n) is 7.72. The molecule has 1 amide bonds. The molecule has 1 fully saturated rings. The third kappa shape index (κ3) is 3.60. The average molecular weight is 274 g/mol. The standard InChI is InChI=1S/C17H26N2O/c1-4-15-12-19(16(5-2)11-18-15)17(20)10-14-8-6-13(3)7-9-14/h6-9,15-16,18H,4-5,10-12H2,1-3H3. The molecule has 1 N–H and O–H groups in total. The summed E-state index contributed by atoms with van der Waals surface area (Å²) < 4.78 is 0. The number of hydrogen-bond donors (Lipinski definition) is 1. The Kier molecular flexibility index (Phi) is 5.18. The van der Waals surface area contributed by atoms with Crippen LogP contribution in [0, 0.1) is 6.92 Å². The van der Waals surface area contributed by atoms with Crippen molar-refractivity contribution in [1.29, 1.82) is 0 Å². The van der Waals surface area contributed by atoms with Crippen LogP contribution in [-0.4, -0.2) is 36.0 Å². The number of nitrogens with zero attached hydrogens (tertiary/aromatic N) is 1. The number of rotatable bonds is 4. The molecule has 0 spiro atoms. The van der Waals surface area contributed by atoms with Crippen molar-refractivity contribution >= 4 is 5.91 Å². The highest BCUT2D eigenvalue weighted by atomic mass is 16.2. The summed E-state index contributed by atoms with van der Waals surface area (Å²) in [7, 11) is 0. The number of nitrogens with one attached hydrogen (secondary N) is 1. The summed E-state index contributed by atoms with van der Waals surface area (Å²) >= 11 is 0. The molecule has 0 aliphatic carbocycles. The van der Waals surface area contributed by atoms with Gasteiger partial charge in [0.2, 0.25) is 5.91 Å². The van der Waals surface area contributed by atoms with E-state index in [2.05, 4.69) is 55.3 Å². The lowest BCUT2D eigenvalue weighted by atomic mass is 10.0. The number of piperazine rings is 1. The lowest BCUT2D eigenvalue weighted by molar-refractivity contribution is -0.134. The third-order valence-corrected chi connectivity index (χ3v) is 4.26. The molecule has 1 saturated heterocycles. The van der Waals surface area contributed by atoms with Gasteiger partial charge in [0, 0.05) is 25.2 Å². The molecule has 0 bridgehead atoms. The van der Waals surface area contributed by atoms with Gasteiger partial charge in [-0.2, -0.15) is 0 Å². The van der Waals surface area contributed by atoms with Gasteiger partial charge in [0.25, 0.3) is 0 Å². The van der Waals surface area contributed by atoms with Crippen molar-refractivity contribution in [3.63, 3.8) is 0 Å². The average Bonchev–Trinajstić information content (AvgIpc) is 2.48. The van der Waals surface area contributed by atoms with E-state index in [1.165, 1.54) is 5.56 Å². The molecule has 1 aliphatic heterocycles. The van der Waals surface area contributed by atoms with Gasteiger partial charge >= 0.3 is 0 Å². The van der Waals surface area contributed by atoms with Gasteiger partial charge in [0.1, 0.15) is 0 Å². The Hall–Kier alpha value is -1.35. The highest BCUT2D eigenvalue weighted by Gasteiger charge is 2.29. The Morgan fingerprint density at radius 2 is 1.95 bits per heavy atom. The Labute approximate surface area is 122 Å². The smallest absolute Gasteiger partial charge is 0.227 e. The second-order valence-corrected chi connectivity index (χ2v) is 5.78. The van der Waals surface area contributed by atoms with E-state index in [4.69, 9.17) is 0 Å². The first-order valence-corrected chi connectivity index (χ1v) is 7.72. The zero-order valence-corrected chi connectivity index (χ0v) is 12.9. The van der Waals surface area contributed by atoms with Crippen molar-refractivity contribution < 1.29 is 4.79 Å². The molecule has 1 aliphatic rings. The third-order valence-electron chi connectivity index (χ3n) is 4.26. The van der Waals surface area contributed by atoms with Gasteiger partial charge in [0.15, 0.2) is 0 Å². The molecule has 1 aromatic carbocycles. The summed E-state index contributed by atoms with van der Waals surface area (Å²) in [5, 5.41) is 3.53. The quantitative estimate of drug-likeness (QED) is 0.915. The molecular formula is C17H26N2O. The van der Waals surface area contributed by atoms with Crippen molar-refractivity contribution in [2.75, 3.05) is 13.1 Å². The summed E-state index contributed by atoms with van der Waals surface area (Å²) in [6.45, 7) is 8.17. The van der Waals surface area contributed by atoms with E-state index in [0.29, 0.717) is 18.5 Å². The van der Waals surface area contributed by atoms with Crippen molar-refractivity contribution in [3.8, 4) is 0 Å². The molecule has 0 aromatic heterocycles. The van der Waals surface area contributed by atoms with E-state index in [-0.39, 0.29) is 5.91 Å². The van der Waals surface area contributed by atoms with E-state index in [0.717, 1.165) is 31.5 Å². The fourth-order valence-electron chi connectivity index (χ4n) is 2.79. The van der Waals surface area contributed by atoms with Crippen LogP contribution in [0.25, 0.3) is 0 Å². The van der Waals surface area contributed by atoms with Crippen molar-refractivity contribution in [1.82, 2.24) is 10.2 Å². The number of benzene rings is 1. The van der Waals surface area contributed by atoms with Gasteiger partial charge in [0.05, 0.1) is 6.42 Å². The number of carbonyl (C=O) groups excluding carboxylic acids is 1. The van der Waals surface area contributed by atoms with Crippen LogP contribution in [0.5, 0.6) is 0 Å². The maximum Gasteiger partial charge on any atom is 0.227 e. The van der Waals surface area contributed by atoms with Crippen molar-refractivity contribution in [2.24, 2.45) is 0 Å². The second kappa shape index (κ2) is 6.89. The van der Waals surface area contributed by atoms with Crippen LogP contribution in [0.4, 0.5) is 0 Å². The first-order chi connectivity index (χ1) is 9.63. The Balaban J connectivity index is 2.03. The van der Waals surface area contributed by atoms with Gasteiger partial charge in [-0.25, -0.2) is 0 Å². The highest BCUT2D eigenvalue weighted by molar-refractivity contribution is 5.79. The number of carbonyl (C=O) groups is 1. The Morgan fingerprint density at radius 3 is 2.55 bits per heavy atom. The topological polar surface area (TPSA) is 32.3 Å². The summed E-state index contributed by atoms with van der Waals surface area (Å²) in [6.07, 6.45) is 2.61. The Bertz CT molecular complexity index is 441. The minimum Gasteiger partial charge on any atom is -0.337 e. The number of amides is 1. The molecule has 110 valence electrons. The van der Waals surface area contributed by atoms with Gasteiger partial charge in [-0.3, -0.25) is 4.79 Å². The highest BCUT2D eigenvalue weighted by Crippen LogP contribution is 2.15. The summed E-state index contributed by atoms with van der Waals surface area (Å²) in [5.41, 5.74) is 2.35. The zero-order valence-electron chi connectivity index (χ0n) is 12.9. The van der Waals surface area contributed by atoms with Crippen LogP contribution in [0.2, 0.25) is 0 Å². The van der Waals surface area contributed by atoms with Crippen molar-refractivity contribution in [2.45, 2.75) is 52.1 Å². The molecule has 1 aromatic rings. The van der Waals surface area contributed by atoms with E-state index in [1.54, 1.807) is 0 Å². The molecule has 1 heterocycles. The number of hydrogen-bond acceptors (Lipinski definition) is 2. The van der Waals surface area contributed by atoms with Gasteiger partial charge in [-0.15, -0.1) is 0 Å². The molecule has 3 nitrogen and oxygen atoms in total. The molecular weight excluding hydrogens is 248 g/mol. The lowest BCUT2D eigenvalue weighted by Crippen LogP contribution is -2.58. The predicted octanol–water partition coefficient (Wildman–Crippen LogP) is 2.53. The zero-order chi connectivity index (χ0) is 14.5.